The third-order valence-electron chi connectivity index (χ3n) is 3.19. The molecule has 2 rings (SSSR count). The van der Waals surface area contributed by atoms with E-state index in [1.807, 2.05) is 0 Å². The summed E-state index contributed by atoms with van der Waals surface area (Å²) < 4.78 is 38.2. The summed E-state index contributed by atoms with van der Waals surface area (Å²) in [5.74, 6) is -1.24. The highest BCUT2D eigenvalue weighted by atomic mass is 19.4. The summed E-state index contributed by atoms with van der Waals surface area (Å²) in [6.45, 7) is 0.951. The SMILES string of the molecule is CC1(C(F)(F)F)NC(=O)N(CCNC2CC2)C1=O. The van der Waals surface area contributed by atoms with E-state index in [1.54, 1.807) is 5.32 Å². The van der Waals surface area contributed by atoms with E-state index in [4.69, 9.17) is 0 Å². The lowest BCUT2D eigenvalue weighted by Crippen LogP contribution is -2.56. The van der Waals surface area contributed by atoms with E-state index in [-0.39, 0.29) is 6.54 Å². The topological polar surface area (TPSA) is 61.4 Å². The predicted octanol–water partition coefficient (Wildman–Crippen LogP) is 0.611. The molecule has 3 amide bonds. The number of nitrogens with zero attached hydrogens (tertiary/aromatic N) is 1. The van der Waals surface area contributed by atoms with Gasteiger partial charge in [-0.15, -0.1) is 0 Å². The Labute approximate surface area is 102 Å². The van der Waals surface area contributed by atoms with Crippen LogP contribution in [0.2, 0.25) is 0 Å². The lowest BCUT2D eigenvalue weighted by molar-refractivity contribution is -0.191. The van der Waals surface area contributed by atoms with Crippen LogP contribution in [0, 0.1) is 0 Å². The molecule has 2 N–H and O–H groups in total. The summed E-state index contributed by atoms with van der Waals surface area (Å²) in [4.78, 5) is 23.7. The summed E-state index contributed by atoms with van der Waals surface area (Å²) in [7, 11) is 0. The monoisotopic (exact) mass is 265 g/mol. The number of carbonyl (C=O) groups is 2. The van der Waals surface area contributed by atoms with Crippen molar-refractivity contribution in [2.45, 2.75) is 37.5 Å². The molecule has 1 atom stereocenters. The van der Waals surface area contributed by atoms with Crippen molar-refractivity contribution in [3.8, 4) is 0 Å². The Morgan fingerprint density at radius 1 is 1.44 bits per heavy atom. The second-order valence-electron chi connectivity index (χ2n) is 4.74. The Hall–Kier alpha value is -1.31. The molecule has 0 aromatic carbocycles. The highest BCUT2D eigenvalue weighted by Crippen LogP contribution is 2.34. The van der Waals surface area contributed by atoms with E-state index < -0.39 is 23.7 Å². The molecule has 0 bridgehead atoms. The van der Waals surface area contributed by atoms with Gasteiger partial charge in [-0.05, 0) is 19.8 Å². The molecule has 0 aromatic heterocycles. The first-order valence-electron chi connectivity index (χ1n) is 5.70. The van der Waals surface area contributed by atoms with E-state index in [0.717, 1.165) is 12.8 Å². The van der Waals surface area contributed by atoms with Gasteiger partial charge < -0.3 is 10.6 Å². The molecule has 1 aliphatic heterocycles. The van der Waals surface area contributed by atoms with Crippen molar-refractivity contribution >= 4 is 11.9 Å². The normalized spacial score (nSPS) is 28.8. The van der Waals surface area contributed by atoms with E-state index in [9.17, 15) is 22.8 Å². The van der Waals surface area contributed by atoms with Crippen LogP contribution in [0.1, 0.15) is 19.8 Å². The molecule has 102 valence electrons. The molecule has 1 heterocycles. The Morgan fingerprint density at radius 2 is 2.06 bits per heavy atom. The van der Waals surface area contributed by atoms with Gasteiger partial charge in [0, 0.05) is 19.1 Å². The number of amides is 3. The van der Waals surface area contributed by atoms with Crippen molar-refractivity contribution in [3.63, 3.8) is 0 Å². The van der Waals surface area contributed by atoms with Crippen LogP contribution in [-0.4, -0.2) is 47.7 Å². The first kappa shape index (κ1) is 13.1. The second-order valence-corrected chi connectivity index (χ2v) is 4.74. The second kappa shape index (κ2) is 4.11. The third kappa shape index (κ3) is 2.16. The minimum absolute atomic E-state index is 0.0488. The Morgan fingerprint density at radius 3 is 2.50 bits per heavy atom. The average Bonchev–Trinajstić information content (AvgIpc) is 3.01. The Kier molecular flexibility index (Phi) is 3.00. The minimum Gasteiger partial charge on any atom is -0.316 e. The number of rotatable bonds is 4. The molecular formula is C10H14F3N3O2. The summed E-state index contributed by atoms with van der Waals surface area (Å²) >= 11 is 0. The van der Waals surface area contributed by atoms with Crippen molar-refractivity contribution in [2.75, 3.05) is 13.1 Å². The molecule has 5 nitrogen and oxygen atoms in total. The first-order valence-corrected chi connectivity index (χ1v) is 5.70. The van der Waals surface area contributed by atoms with Crippen molar-refractivity contribution in [2.24, 2.45) is 0 Å². The van der Waals surface area contributed by atoms with Crippen molar-refractivity contribution < 1.29 is 22.8 Å². The number of imide groups is 1. The van der Waals surface area contributed by atoms with Crippen molar-refractivity contribution in [1.82, 2.24) is 15.5 Å². The van der Waals surface area contributed by atoms with Gasteiger partial charge in [-0.25, -0.2) is 4.79 Å². The van der Waals surface area contributed by atoms with E-state index in [1.165, 1.54) is 0 Å². The molecule has 0 spiro atoms. The smallest absolute Gasteiger partial charge is 0.316 e. The van der Waals surface area contributed by atoms with Gasteiger partial charge in [0.2, 0.25) is 5.54 Å². The number of urea groups is 1. The Balaban J connectivity index is 1.99. The summed E-state index contributed by atoms with van der Waals surface area (Å²) in [6.07, 6.45) is -2.74. The zero-order chi connectivity index (χ0) is 13.6. The Bertz CT molecular complexity index is 381. The van der Waals surface area contributed by atoms with Gasteiger partial charge in [0.05, 0.1) is 0 Å². The van der Waals surface area contributed by atoms with E-state index >= 15 is 0 Å². The van der Waals surface area contributed by atoms with Crippen LogP contribution in [0.3, 0.4) is 0 Å². The fourth-order valence-corrected chi connectivity index (χ4v) is 1.76. The molecule has 18 heavy (non-hydrogen) atoms. The van der Waals surface area contributed by atoms with Crippen LogP contribution in [0.15, 0.2) is 0 Å². The summed E-state index contributed by atoms with van der Waals surface area (Å²) in [5, 5.41) is 4.74. The molecule has 1 unspecified atom stereocenters. The van der Waals surface area contributed by atoms with Gasteiger partial charge in [-0.2, -0.15) is 13.2 Å². The highest BCUT2D eigenvalue weighted by molar-refractivity contribution is 6.07. The van der Waals surface area contributed by atoms with Crippen LogP contribution in [-0.2, 0) is 4.79 Å². The quantitative estimate of drug-likeness (QED) is 0.732. The van der Waals surface area contributed by atoms with Crippen LogP contribution in [0.25, 0.3) is 0 Å². The lowest BCUT2D eigenvalue weighted by Gasteiger charge is -2.24. The first-order chi connectivity index (χ1) is 8.25. The maximum absolute atomic E-state index is 12.7. The third-order valence-corrected chi connectivity index (χ3v) is 3.19. The number of halogens is 3. The van der Waals surface area contributed by atoms with Crippen molar-refractivity contribution in [3.05, 3.63) is 0 Å². The maximum Gasteiger partial charge on any atom is 0.420 e. The standard InChI is InChI=1S/C10H14F3N3O2/c1-9(10(11,12)13)7(17)16(8(18)15-9)5-4-14-6-2-3-6/h6,14H,2-5H2,1H3,(H,15,18). The minimum atomic E-state index is -4.79. The average molecular weight is 265 g/mol. The van der Waals surface area contributed by atoms with Crippen LogP contribution in [0.5, 0.6) is 0 Å². The van der Waals surface area contributed by atoms with Gasteiger partial charge in [-0.1, -0.05) is 0 Å². The van der Waals surface area contributed by atoms with Gasteiger partial charge >= 0.3 is 12.2 Å². The van der Waals surface area contributed by atoms with E-state index in [2.05, 4.69) is 5.32 Å². The van der Waals surface area contributed by atoms with Crippen LogP contribution >= 0.6 is 0 Å². The van der Waals surface area contributed by atoms with E-state index in [0.29, 0.717) is 24.4 Å². The zero-order valence-electron chi connectivity index (χ0n) is 9.80. The van der Waals surface area contributed by atoms with Gasteiger partial charge in [0.1, 0.15) is 0 Å². The fraction of sp³-hybridized carbons (Fsp3) is 0.800. The molecule has 0 aromatic rings. The predicted molar refractivity (Wildman–Crippen MR) is 55.7 cm³/mol. The zero-order valence-corrected chi connectivity index (χ0v) is 9.80. The van der Waals surface area contributed by atoms with Gasteiger partial charge in [-0.3, -0.25) is 9.69 Å². The molecule has 0 radical (unpaired) electrons. The molecule has 1 saturated carbocycles. The number of nitrogens with one attached hydrogen (secondary N) is 2. The molecule has 1 saturated heterocycles. The number of hydrogen-bond donors (Lipinski definition) is 2. The lowest BCUT2D eigenvalue weighted by atomic mass is 10.0. The van der Waals surface area contributed by atoms with Gasteiger partial charge in [0.25, 0.3) is 5.91 Å². The molecule has 8 heteroatoms. The molecule has 2 fully saturated rings. The maximum atomic E-state index is 12.7. The largest absolute Gasteiger partial charge is 0.420 e. The van der Waals surface area contributed by atoms with Crippen molar-refractivity contribution in [1.29, 1.82) is 0 Å². The summed E-state index contributed by atoms with van der Waals surface area (Å²) in [5.41, 5.74) is -2.80. The number of alkyl halides is 3. The number of carbonyl (C=O) groups excluding carboxylic acids is 2. The fourth-order valence-electron chi connectivity index (χ4n) is 1.76. The van der Waals surface area contributed by atoms with Crippen LogP contribution < -0.4 is 10.6 Å². The summed E-state index contributed by atoms with van der Waals surface area (Å²) in [6, 6.07) is -0.614. The highest BCUT2D eigenvalue weighted by Gasteiger charge is 2.64. The van der Waals surface area contributed by atoms with Gasteiger partial charge in [0.15, 0.2) is 0 Å². The van der Waals surface area contributed by atoms with Crippen LogP contribution in [0.4, 0.5) is 18.0 Å². The molecular weight excluding hydrogens is 251 g/mol. The molecule has 2 aliphatic rings. The number of hydrogen-bond acceptors (Lipinski definition) is 3. The molecule has 1 aliphatic carbocycles.